The number of rotatable bonds is 2. The summed E-state index contributed by atoms with van der Waals surface area (Å²) in [6.45, 7) is 3.16. The minimum Gasteiger partial charge on any atom is -0.342 e. The van der Waals surface area contributed by atoms with Crippen LogP contribution in [0.2, 0.25) is 0 Å². The molecule has 5 rings (SSSR count). The normalized spacial score (nSPS) is 14.8. The lowest BCUT2D eigenvalue weighted by atomic mass is 10.1. The van der Waals surface area contributed by atoms with Gasteiger partial charge in [0.2, 0.25) is 0 Å². The molecule has 3 heterocycles. The van der Waals surface area contributed by atoms with E-state index in [9.17, 15) is 0 Å². The number of thiophene rings is 1. The molecule has 1 aliphatic rings. The van der Waals surface area contributed by atoms with Crippen LogP contribution in [0.3, 0.4) is 0 Å². The molecule has 0 atom stereocenters. The number of fused-ring (bicyclic) bond motifs is 4. The zero-order valence-electron chi connectivity index (χ0n) is 13.6. The molecule has 2 aromatic carbocycles. The first-order valence-corrected chi connectivity index (χ1v) is 9.48. The van der Waals surface area contributed by atoms with E-state index in [1.807, 2.05) is 11.3 Å². The minimum absolute atomic E-state index is 0.949. The van der Waals surface area contributed by atoms with Crippen molar-refractivity contribution in [2.24, 2.45) is 0 Å². The van der Waals surface area contributed by atoms with Crippen LogP contribution in [-0.2, 0) is 19.4 Å². The summed E-state index contributed by atoms with van der Waals surface area (Å²) >= 11 is 1.99. The molecule has 0 amide bonds. The van der Waals surface area contributed by atoms with E-state index in [4.69, 9.17) is 0 Å². The summed E-state index contributed by atoms with van der Waals surface area (Å²) in [5.74, 6) is 0. The fraction of sp³-hybridized carbons (Fsp3) is 0.238. The lowest BCUT2D eigenvalue weighted by Crippen LogP contribution is -2.16. The molecular formula is C21H20N2S. The third-order valence-corrected chi connectivity index (χ3v) is 6.28. The highest BCUT2D eigenvalue weighted by Crippen LogP contribution is 2.34. The molecule has 1 aliphatic heterocycles. The molecule has 4 aromatic rings. The van der Waals surface area contributed by atoms with Crippen molar-refractivity contribution in [1.82, 2.24) is 9.88 Å². The Balaban J connectivity index is 1.57. The van der Waals surface area contributed by atoms with E-state index in [2.05, 4.69) is 64.6 Å². The summed E-state index contributed by atoms with van der Waals surface area (Å²) in [6.07, 6.45) is 4.58. The van der Waals surface area contributed by atoms with Crippen LogP contribution in [0.1, 0.15) is 16.0 Å². The highest BCUT2D eigenvalue weighted by Gasteiger charge is 2.17. The van der Waals surface area contributed by atoms with Gasteiger partial charge in [-0.2, -0.15) is 0 Å². The molecule has 24 heavy (non-hydrogen) atoms. The van der Waals surface area contributed by atoms with Crippen LogP contribution in [0.4, 0.5) is 0 Å². The predicted molar refractivity (Wildman–Crippen MR) is 103 cm³/mol. The Morgan fingerprint density at radius 3 is 2.79 bits per heavy atom. The molecule has 0 spiro atoms. The van der Waals surface area contributed by atoms with Gasteiger partial charge in [-0.15, -0.1) is 11.3 Å². The topological polar surface area (TPSA) is 17.0 Å². The first-order valence-electron chi connectivity index (χ1n) is 8.66. The van der Waals surface area contributed by atoms with E-state index in [-0.39, 0.29) is 0 Å². The Kier molecular flexibility index (Phi) is 3.42. The zero-order valence-corrected chi connectivity index (χ0v) is 14.4. The maximum absolute atomic E-state index is 3.52. The standard InChI is InChI=1S/C21H20N2S/c1-2-4-17-13-15(5-6-16(17)3-1)14-23-12-9-20-21(23)18-7-10-22-11-8-19(18)24-20/h1-6,9,12-13,22H,7-8,10-11,14H2. The van der Waals surface area contributed by atoms with Crippen LogP contribution in [0.25, 0.3) is 21.0 Å². The first-order chi connectivity index (χ1) is 11.9. The van der Waals surface area contributed by atoms with Gasteiger partial charge >= 0.3 is 0 Å². The molecular weight excluding hydrogens is 312 g/mol. The molecule has 0 saturated carbocycles. The average molecular weight is 332 g/mol. The van der Waals surface area contributed by atoms with Crippen LogP contribution in [0, 0.1) is 0 Å². The molecule has 0 saturated heterocycles. The van der Waals surface area contributed by atoms with Gasteiger partial charge in [0.05, 0.1) is 10.2 Å². The molecule has 0 bridgehead atoms. The summed E-state index contributed by atoms with van der Waals surface area (Å²) < 4.78 is 3.89. The Morgan fingerprint density at radius 2 is 1.83 bits per heavy atom. The fourth-order valence-electron chi connectivity index (χ4n) is 3.85. The van der Waals surface area contributed by atoms with Gasteiger partial charge < -0.3 is 9.88 Å². The second kappa shape index (κ2) is 5.76. The van der Waals surface area contributed by atoms with Crippen LogP contribution < -0.4 is 5.32 Å². The van der Waals surface area contributed by atoms with Gasteiger partial charge in [0.1, 0.15) is 0 Å². The van der Waals surface area contributed by atoms with E-state index < -0.39 is 0 Å². The Hall–Kier alpha value is -2.10. The van der Waals surface area contributed by atoms with Gasteiger partial charge in [-0.3, -0.25) is 0 Å². The third-order valence-electron chi connectivity index (χ3n) is 5.03. The number of hydrogen-bond donors (Lipinski definition) is 1. The van der Waals surface area contributed by atoms with Crippen molar-refractivity contribution >= 4 is 32.3 Å². The molecule has 1 N–H and O–H groups in total. The van der Waals surface area contributed by atoms with Gasteiger partial charge in [0, 0.05) is 17.6 Å². The van der Waals surface area contributed by atoms with Crippen molar-refractivity contribution in [2.45, 2.75) is 19.4 Å². The fourth-order valence-corrected chi connectivity index (χ4v) is 5.11. The Labute approximate surface area is 145 Å². The van der Waals surface area contributed by atoms with Gasteiger partial charge in [0.25, 0.3) is 0 Å². The van der Waals surface area contributed by atoms with E-state index in [0.717, 1.165) is 26.1 Å². The summed E-state index contributed by atoms with van der Waals surface area (Å²) in [6, 6.07) is 17.7. The van der Waals surface area contributed by atoms with Gasteiger partial charge in [-0.05, 0) is 60.0 Å². The second-order valence-corrected chi connectivity index (χ2v) is 7.73. The van der Waals surface area contributed by atoms with Crippen molar-refractivity contribution in [3.63, 3.8) is 0 Å². The SMILES string of the molecule is c1ccc2cc(Cn3ccc4sc5c(c43)CCNCC5)ccc2c1. The predicted octanol–water partition coefficient (Wildman–Crippen LogP) is 4.59. The summed E-state index contributed by atoms with van der Waals surface area (Å²) in [5, 5.41) is 6.16. The minimum atomic E-state index is 0.949. The van der Waals surface area contributed by atoms with Crippen molar-refractivity contribution in [3.05, 3.63) is 70.7 Å². The van der Waals surface area contributed by atoms with Gasteiger partial charge in [-0.25, -0.2) is 0 Å². The van der Waals surface area contributed by atoms with E-state index in [1.165, 1.54) is 33.0 Å². The zero-order chi connectivity index (χ0) is 15.9. The first kappa shape index (κ1) is 14.3. The largest absolute Gasteiger partial charge is 0.342 e. The van der Waals surface area contributed by atoms with Crippen LogP contribution in [0.5, 0.6) is 0 Å². The maximum atomic E-state index is 3.52. The van der Waals surface area contributed by atoms with Crippen molar-refractivity contribution < 1.29 is 0 Å². The quantitative estimate of drug-likeness (QED) is 0.568. The van der Waals surface area contributed by atoms with Crippen LogP contribution in [0.15, 0.2) is 54.7 Å². The molecule has 2 nitrogen and oxygen atoms in total. The summed E-state index contributed by atoms with van der Waals surface area (Å²) in [5.41, 5.74) is 4.41. The Morgan fingerprint density at radius 1 is 0.958 bits per heavy atom. The molecule has 0 unspecified atom stereocenters. The number of hydrogen-bond acceptors (Lipinski definition) is 2. The van der Waals surface area contributed by atoms with E-state index in [0.29, 0.717) is 0 Å². The number of benzene rings is 2. The molecule has 3 heteroatoms. The van der Waals surface area contributed by atoms with Crippen LogP contribution >= 0.6 is 11.3 Å². The summed E-state index contributed by atoms with van der Waals surface area (Å²) in [4.78, 5) is 1.58. The lowest BCUT2D eigenvalue weighted by molar-refractivity contribution is 0.711. The van der Waals surface area contributed by atoms with Crippen molar-refractivity contribution in [1.29, 1.82) is 0 Å². The molecule has 2 aromatic heterocycles. The van der Waals surface area contributed by atoms with Gasteiger partial charge in [-0.1, -0.05) is 36.4 Å². The third kappa shape index (κ3) is 2.36. The second-order valence-electron chi connectivity index (χ2n) is 6.59. The molecule has 120 valence electrons. The number of nitrogens with zero attached hydrogens (tertiary/aromatic N) is 1. The monoisotopic (exact) mass is 332 g/mol. The maximum Gasteiger partial charge on any atom is 0.0628 e. The Bertz CT molecular complexity index is 1020. The van der Waals surface area contributed by atoms with Crippen molar-refractivity contribution in [3.8, 4) is 0 Å². The number of aromatic nitrogens is 1. The summed E-state index contributed by atoms with van der Waals surface area (Å²) in [7, 11) is 0. The van der Waals surface area contributed by atoms with E-state index >= 15 is 0 Å². The van der Waals surface area contributed by atoms with Gasteiger partial charge in [0.15, 0.2) is 0 Å². The molecule has 0 aliphatic carbocycles. The highest BCUT2D eigenvalue weighted by atomic mass is 32.1. The molecule has 0 fully saturated rings. The smallest absolute Gasteiger partial charge is 0.0628 e. The van der Waals surface area contributed by atoms with Crippen molar-refractivity contribution in [2.75, 3.05) is 13.1 Å². The lowest BCUT2D eigenvalue weighted by Gasteiger charge is -2.09. The number of nitrogens with one attached hydrogen (secondary N) is 1. The molecule has 0 radical (unpaired) electrons. The average Bonchev–Trinajstić information content (AvgIpc) is 3.07. The van der Waals surface area contributed by atoms with Crippen LogP contribution in [-0.4, -0.2) is 17.7 Å². The highest BCUT2D eigenvalue weighted by molar-refractivity contribution is 7.19. The van der Waals surface area contributed by atoms with E-state index in [1.54, 1.807) is 10.4 Å².